The summed E-state index contributed by atoms with van der Waals surface area (Å²) in [6.45, 7) is 9.06. The Bertz CT molecular complexity index is 2700. The number of likely N-dealkylation sites (tertiary alicyclic amines) is 1. The minimum Gasteiger partial charge on any atom is -0.465 e. The van der Waals surface area contributed by atoms with Crippen LogP contribution in [-0.2, 0) is 25.5 Å². The molecule has 5 N–H and O–H groups in total. The number of halogens is 2. The van der Waals surface area contributed by atoms with E-state index in [1.54, 1.807) is 38.3 Å². The average Bonchev–Trinajstić information content (AvgIpc) is 4.16. The van der Waals surface area contributed by atoms with Crippen molar-refractivity contribution in [2.45, 2.75) is 96.8 Å². The second kappa shape index (κ2) is 20.1. The van der Waals surface area contributed by atoms with Crippen LogP contribution < -0.4 is 20.7 Å². The van der Waals surface area contributed by atoms with Gasteiger partial charge in [-0.15, -0.1) is 0 Å². The van der Waals surface area contributed by atoms with Crippen LogP contribution >= 0.6 is 0 Å². The number of carbonyl (C=O) groups is 3. The monoisotopic (exact) mass is 919 g/mol. The zero-order valence-corrected chi connectivity index (χ0v) is 38.8. The predicted molar refractivity (Wildman–Crippen MR) is 250 cm³/mol. The molecule has 5 heterocycles. The number of alkyl halides is 2. The van der Waals surface area contributed by atoms with Crippen LogP contribution in [0, 0.1) is 11.8 Å². The highest BCUT2D eigenvalue weighted by Crippen LogP contribution is 2.47. The summed E-state index contributed by atoms with van der Waals surface area (Å²) in [7, 11) is 2.79. The van der Waals surface area contributed by atoms with Crippen molar-refractivity contribution >= 4 is 28.8 Å². The number of amides is 3. The van der Waals surface area contributed by atoms with E-state index in [0.717, 1.165) is 44.5 Å². The van der Waals surface area contributed by atoms with E-state index in [-0.39, 0.29) is 49.9 Å². The van der Waals surface area contributed by atoms with Crippen molar-refractivity contribution in [2.75, 3.05) is 27.3 Å². The van der Waals surface area contributed by atoms with Gasteiger partial charge in [0.15, 0.2) is 0 Å². The molecule has 7 atom stereocenters. The van der Waals surface area contributed by atoms with Gasteiger partial charge in [-0.3, -0.25) is 19.5 Å². The maximum absolute atomic E-state index is 15.2. The number of aryl methyl sites for hydroxylation is 1. The van der Waals surface area contributed by atoms with Crippen LogP contribution in [0.1, 0.15) is 76.9 Å². The lowest BCUT2D eigenvalue weighted by atomic mass is 10.0. The van der Waals surface area contributed by atoms with Gasteiger partial charge in [0.25, 0.3) is 0 Å². The zero-order chi connectivity index (χ0) is 47.5. The minimum atomic E-state index is -1.36. The smallest absolute Gasteiger partial charge is 0.407 e. The van der Waals surface area contributed by atoms with Crippen molar-refractivity contribution in [2.24, 2.45) is 11.8 Å². The summed E-state index contributed by atoms with van der Waals surface area (Å²) in [5.41, 5.74) is 6.81. The molecule has 0 aliphatic carbocycles. The molecule has 1 saturated heterocycles. The zero-order valence-electron chi connectivity index (χ0n) is 38.8. The first kappa shape index (κ1) is 46.9. The average molecular weight is 920 g/mol. The molecule has 7 unspecified atom stereocenters. The molecule has 3 amide bonds. The van der Waals surface area contributed by atoms with Crippen molar-refractivity contribution in [3.63, 3.8) is 0 Å². The van der Waals surface area contributed by atoms with Crippen LogP contribution in [0.15, 0.2) is 85.2 Å². The molecule has 67 heavy (non-hydrogen) atoms. The van der Waals surface area contributed by atoms with Gasteiger partial charge in [-0.25, -0.2) is 23.5 Å². The Hall–Kier alpha value is -6.59. The van der Waals surface area contributed by atoms with Crippen molar-refractivity contribution in [3.05, 3.63) is 102 Å². The maximum atomic E-state index is 15.2. The summed E-state index contributed by atoms with van der Waals surface area (Å²) in [6.07, 6.45) is -0.155. The van der Waals surface area contributed by atoms with Crippen LogP contribution in [0.2, 0.25) is 0 Å². The number of benzene rings is 3. The van der Waals surface area contributed by atoms with Gasteiger partial charge in [0.05, 0.1) is 60.7 Å². The van der Waals surface area contributed by atoms with Gasteiger partial charge >= 0.3 is 6.09 Å². The first-order valence-electron chi connectivity index (χ1n) is 22.8. The molecule has 3 aromatic heterocycles. The Labute approximate surface area is 388 Å². The molecule has 6 aromatic rings. The molecule has 0 spiro atoms. The number of ether oxygens (including phenoxy) is 3. The molecule has 0 saturated carbocycles. The van der Waals surface area contributed by atoms with Gasteiger partial charge in [-0.1, -0.05) is 76.2 Å². The number of nitrogens with zero attached hydrogens (tertiary/aromatic N) is 4. The number of carbonyl (C=O) groups excluding carboxylic acids is 3. The van der Waals surface area contributed by atoms with Crippen molar-refractivity contribution in [1.29, 1.82) is 0 Å². The number of aromatic nitrogens is 5. The highest BCUT2D eigenvalue weighted by molar-refractivity contribution is 5.99. The molecule has 354 valence electrons. The molecular formula is C50H59F2N9O6. The van der Waals surface area contributed by atoms with Gasteiger partial charge in [0, 0.05) is 54.1 Å². The number of rotatable bonds is 17. The summed E-state index contributed by atoms with van der Waals surface area (Å²) in [6, 6.07) is 22.2. The lowest BCUT2D eigenvalue weighted by molar-refractivity contribution is -0.137. The molecule has 15 nitrogen and oxygen atoms in total. The molecule has 0 radical (unpaired) electrons. The van der Waals surface area contributed by atoms with Crippen LogP contribution in [0.4, 0.5) is 13.6 Å². The van der Waals surface area contributed by atoms with Gasteiger partial charge < -0.3 is 39.7 Å². The molecule has 2 aliphatic rings. The third-order valence-electron chi connectivity index (χ3n) is 12.6. The molecule has 17 heteroatoms. The van der Waals surface area contributed by atoms with E-state index in [2.05, 4.69) is 58.4 Å². The third-order valence-corrected chi connectivity index (χ3v) is 12.6. The number of nitrogens with one attached hydrogen (secondary N) is 5. The van der Waals surface area contributed by atoms with Gasteiger partial charge in [-0.05, 0) is 49.4 Å². The summed E-state index contributed by atoms with van der Waals surface area (Å²) in [5.74, 6) is 0.829. The molecular weight excluding hydrogens is 861 g/mol. The van der Waals surface area contributed by atoms with Gasteiger partial charge in [0.1, 0.15) is 42.0 Å². The van der Waals surface area contributed by atoms with Gasteiger partial charge in [0.2, 0.25) is 18.0 Å². The quantitative estimate of drug-likeness (QED) is 0.0567. The van der Waals surface area contributed by atoms with E-state index in [1.807, 2.05) is 75.4 Å². The van der Waals surface area contributed by atoms with Crippen LogP contribution in [0.3, 0.4) is 0 Å². The number of hydrogen-bond donors (Lipinski definition) is 5. The highest BCUT2D eigenvalue weighted by Gasteiger charge is 2.41. The van der Waals surface area contributed by atoms with E-state index in [4.69, 9.17) is 14.5 Å². The van der Waals surface area contributed by atoms with Crippen LogP contribution in [0.25, 0.3) is 44.7 Å². The summed E-state index contributed by atoms with van der Waals surface area (Å²) < 4.78 is 49.4. The number of alkyl carbamates (subject to hydrolysis) is 1. The summed E-state index contributed by atoms with van der Waals surface area (Å²) in [4.78, 5) is 56.2. The molecule has 3 aromatic carbocycles. The number of methoxy groups -OCH3 is 2. The van der Waals surface area contributed by atoms with E-state index in [9.17, 15) is 14.4 Å². The number of hydrogen-bond acceptors (Lipinski definition) is 9. The second-order valence-electron chi connectivity index (χ2n) is 18.0. The van der Waals surface area contributed by atoms with Crippen LogP contribution in [0.5, 0.6) is 5.75 Å². The Morgan fingerprint density at radius 2 is 1.66 bits per heavy atom. The number of H-pyrrole nitrogens is 2. The lowest BCUT2D eigenvalue weighted by Gasteiger charge is -2.31. The molecule has 8 rings (SSSR count). The van der Waals surface area contributed by atoms with Crippen molar-refractivity contribution in [1.82, 2.24) is 45.4 Å². The Kier molecular flexibility index (Phi) is 14.1. The fourth-order valence-corrected chi connectivity index (χ4v) is 9.01. The third kappa shape index (κ3) is 9.93. The summed E-state index contributed by atoms with van der Waals surface area (Å²) in [5, 5.41) is 9.32. The van der Waals surface area contributed by atoms with Gasteiger partial charge in [-0.2, -0.15) is 0 Å². The normalized spacial score (nSPS) is 18.6. The topological polar surface area (TPSA) is 181 Å². The van der Waals surface area contributed by atoms with Crippen molar-refractivity contribution in [3.8, 4) is 39.5 Å². The number of imidazole rings is 2. The SMILES string of the molecule is COC(=O)NC(C(=O)NCC(F)CCc1ncc(-c2cccc3cc4n(c23)C(c2ccccc2)Oc2ccc(-c3cnc(C5CC(F)CN5C(=O)C(NC(C)OC)C(C)C)[nH]3)cc2-4)[nH]1)C(C)C. The lowest BCUT2D eigenvalue weighted by Crippen LogP contribution is -2.52. The largest absolute Gasteiger partial charge is 0.465 e. The Morgan fingerprint density at radius 3 is 2.39 bits per heavy atom. The predicted octanol–water partition coefficient (Wildman–Crippen LogP) is 8.01. The Balaban J connectivity index is 1.06. The number of fused-ring (bicyclic) bond motifs is 5. The van der Waals surface area contributed by atoms with Crippen molar-refractivity contribution < 1.29 is 37.4 Å². The molecule has 0 bridgehead atoms. The Morgan fingerprint density at radius 1 is 0.896 bits per heavy atom. The minimum absolute atomic E-state index is 0.0188. The standard InChI is InChI=1S/C50H59F2N9O6/c1-27(2)43(59-50(64)66-7)47(62)55-23-33(51)17-19-42-53-25-38(57-42)35-15-11-14-32-21-39-36-20-31(16-18-41(36)67-49(61(39)45(32)35)30-12-9-8-10-13-30)37-24-54-46(58-37)40-22-34(52)26-60(40)48(63)44(28(3)4)56-29(5)65-6/h8-16,18,20-21,24-25,27-29,33-34,40,43-44,49,56H,17,19,22-23,26H2,1-7H3,(H,53,57)(H,54,58)(H,55,62)(H,59,64). The molecule has 2 aliphatic heterocycles. The highest BCUT2D eigenvalue weighted by atomic mass is 19.1. The fraction of sp³-hybridized carbons (Fsp3) is 0.420. The van der Waals surface area contributed by atoms with E-state index in [1.165, 1.54) is 7.11 Å². The molecule has 1 fully saturated rings. The first-order chi connectivity index (χ1) is 32.2. The van der Waals surface area contributed by atoms with E-state index in [0.29, 0.717) is 29.5 Å². The number of para-hydroxylation sites is 1. The number of aromatic amines is 2. The first-order valence-corrected chi connectivity index (χ1v) is 22.8. The summed E-state index contributed by atoms with van der Waals surface area (Å²) >= 11 is 0. The van der Waals surface area contributed by atoms with Crippen LogP contribution in [-0.4, -0.2) is 105 Å². The van der Waals surface area contributed by atoms with E-state index >= 15 is 8.78 Å². The fourth-order valence-electron chi connectivity index (χ4n) is 9.01. The second-order valence-corrected chi connectivity index (χ2v) is 18.0. The maximum Gasteiger partial charge on any atom is 0.407 e. The van der Waals surface area contributed by atoms with E-state index < -0.39 is 48.7 Å².